The Balaban J connectivity index is 1.29. The second-order valence-corrected chi connectivity index (χ2v) is 9.38. The lowest BCUT2D eigenvalue weighted by Crippen LogP contribution is -2.33. The largest absolute Gasteiger partial charge is 0.488 e. The maximum absolute atomic E-state index is 14.0. The van der Waals surface area contributed by atoms with Crippen LogP contribution in [-0.4, -0.2) is 43.6 Å². The molecule has 2 aromatic heterocycles. The van der Waals surface area contributed by atoms with Gasteiger partial charge in [0.15, 0.2) is 5.65 Å². The van der Waals surface area contributed by atoms with Gasteiger partial charge in [-0.05, 0) is 38.8 Å². The van der Waals surface area contributed by atoms with Crippen LogP contribution in [0.25, 0.3) is 5.65 Å². The first-order chi connectivity index (χ1) is 15.4. The number of carbonyl (C=O) groups excluding carboxylic acids is 1. The average Bonchev–Trinajstić information content (AvgIpc) is 3.53. The Morgan fingerprint density at radius 1 is 1.28 bits per heavy atom. The van der Waals surface area contributed by atoms with Gasteiger partial charge in [-0.3, -0.25) is 4.79 Å². The molecular weight excluding hydrogens is 433 g/mol. The minimum absolute atomic E-state index is 0.0398. The first kappa shape index (κ1) is 19.9. The minimum Gasteiger partial charge on any atom is -0.488 e. The molecule has 6 rings (SSSR count). The fourth-order valence-corrected chi connectivity index (χ4v) is 5.39. The molecule has 3 aromatic rings. The number of hydrogen-bond acceptors (Lipinski definition) is 5. The maximum Gasteiger partial charge on any atom is 0.258 e. The summed E-state index contributed by atoms with van der Waals surface area (Å²) in [5.41, 5.74) is 4.38. The molecule has 0 spiro atoms. The minimum atomic E-state index is -0.415. The third-order valence-corrected chi connectivity index (χ3v) is 7.48. The van der Waals surface area contributed by atoms with Crippen molar-refractivity contribution in [3.8, 4) is 5.75 Å². The maximum atomic E-state index is 14.0. The molecule has 3 atom stereocenters. The van der Waals surface area contributed by atoms with Gasteiger partial charge in [-0.1, -0.05) is 11.6 Å². The van der Waals surface area contributed by atoms with E-state index < -0.39 is 5.82 Å². The molecule has 5 heterocycles. The van der Waals surface area contributed by atoms with Crippen LogP contribution in [0.3, 0.4) is 0 Å². The van der Waals surface area contributed by atoms with Gasteiger partial charge in [-0.25, -0.2) is 13.9 Å². The van der Waals surface area contributed by atoms with E-state index >= 15 is 0 Å². The Morgan fingerprint density at radius 2 is 2.12 bits per heavy atom. The van der Waals surface area contributed by atoms with Gasteiger partial charge in [-0.15, -0.1) is 0 Å². The molecule has 0 radical (unpaired) electrons. The van der Waals surface area contributed by atoms with Gasteiger partial charge >= 0.3 is 0 Å². The quantitative estimate of drug-likeness (QED) is 0.653. The number of nitrogens with one attached hydrogen (secondary N) is 1. The smallest absolute Gasteiger partial charge is 0.258 e. The second-order valence-electron chi connectivity index (χ2n) is 9.00. The van der Waals surface area contributed by atoms with E-state index in [-0.39, 0.29) is 18.1 Å². The highest BCUT2D eigenvalue weighted by Gasteiger charge is 2.41. The standard InChI is InChI=1S/C23H23ClFN5O2/c1-11-21(24)12(2)30-22(26-11)16-9-29(10-18(16)28-30)23(31)15-5-3-13(25)7-19(15)32-20-8-14-4-6-17(20)27-14/h3,5,7,14,17,20,27H,4,6,8-10H2,1-2H3/t14?,17?,20-/m1/s1. The number of aromatic nitrogens is 3. The number of amides is 1. The molecule has 2 fully saturated rings. The molecule has 9 heteroatoms. The fourth-order valence-electron chi connectivity index (χ4n) is 5.26. The van der Waals surface area contributed by atoms with E-state index in [1.807, 2.05) is 13.8 Å². The molecule has 3 aliphatic heterocycles. The summed E-state index contributed by atoms with van der Waals surface area (Å²) in [6.07, 6.45) is 3.03. The highest BCUT2D eigenvalue weighted by Crippen LogP contribution is 2.35. The van der Waals surface area contributed by atoms with E-state index in [9.17, 15) is 9.18 Å². The van der Waals surface area contributed by atoms with Gasteiger partial charge in [0.05, 0.1) is 40.8 Å². The first-order valence-electron chi connectivity index (χ1n) is 10.9. The molecule has 166 valence electrons. The Labute approximate surface area is 189 Å². The number of benzene rings is 1. The zero-order chi connectivity index (χ0) is 22.1. The molecule has 0 saturated carbocycles. The van der Waals surface area contributed by atoms with Crippen molar-refractivity contribution in [1.29, 1.82) is 0 Å². The predicted molar refractivity (Wildman–Crippen MR) is 116 cm³/mol. The zero-order valence-electron chi connectivity index (χ0n) is 17.9. The van der Waals surface area contributed by atoms with Crippen LogP contribution >= 0.6 is 11.6 Å². The topological polar surface area (TPSA) is 71.8 Å². The number of rotatable bonds is 3. The SMILES string of the molecule is Cc1nc2c3c(nn2c(C)c1Cl)CN(C(=O)c1ccc(F)cc1O[C@@H]1CC2CCC1N2)C3. The Hall–Kier alpha value is -2.71. The molecule has 1 N–H and O–H groups in total. The number of ether oxygens (including phenoxy) is 1. The van der Waals surface area contributed by atoms with Crippen molar-refractivity contribution < 1.29 is 13.9 Å². The lowest BCUT2D eigenvalue weighted by atomic mass is 9.97. The van der Waals surface area contributed by atoms with E-state index in [0.717, 1.165) is 47.6 Å². The van der Waals surface area contributed by atoms with Crippen LogP contribution < -0.4 is 10.1 Å². The van der Waals surface area contributed by atoms with Crippen molar-refractivity contribution in [1.82, 2.24) is 24.8 Å². The molecule has 32 heavy (non-hydrogen) atoms. The lowest BCUT2D eigenvalue weighted by molar-refractivity contribution is 0.0740. The normalized spacial score (nSPS) is 23.9. The van der Waals surface area contributed by atoms with Crippen LogP contribution in [0.5, 0.6) is 5.75 Å². The Kier molecular flexibility index (Phi) is 4.45. The van der Waals surface area contributed by atoms with E-state index in [1.165, 1.54) is 18.2 Å². The Morgan fingerprint density at radius 3 is 2.88 bits per heavy atom. The lowest BCUT2D eigenvalue weighted by Gasteiger charge is -2.24. The van der Waals surface area contributed by atoms with Crippen molar-refractivity contribution in [3.05, 3.63) is 57.2 Å². The predicted octanol–water partition coefficient (Wildman–Crippen LogP) is 3.57. The van der Waals surface area contributed by atoms with Crippen LogP contribution in [-0.2, 0) is 13.1 Å². The van der Waals surface area contributed by atoms with Crippen molar-refractivity contribution in [2.75, 3.05) is 0 Å². The fraction of sp³-hybridized carbons (Fsp3) is 0.435. The number of aryl methyl sites for hydroxylation is 2. The number of fused-ring (bicyclic) bond motifs is 5. The summed E-state index contributed by atoms with van der Waals surface area (Å²) >= 11 is 6.33. The van der Waals surface area contributed by atoms with Crippen molar-refractivity contribution in [3.63, 3.8) is 0 Å². The van der Waals surface area contributed by atoms with Gasteiger partial charge < -0.3 is 15.0 Å². The van der Waals surface area contributed by atoms with Crippen LogP contribution in [0.15, 0.2) is 18.2 Å². The molecule has 0 aliphatic carbocycles. The Bertz CT molecular complexity index is 1280. The number of carbonyl (C=O) groups is 1. The van der Waals surface area contributed by atoms with Crippen molar-refractivity contribution >= 4 is 23.2 Å². The highest BCUT2D eigenvalue weighted by atomic mass is 35.5. The van der Waals surface area contributed by atoms with E-state index in [1.54, 1.807) is 9.42 Å². The van der Waals surface area contributed by atoms with E-state index in [4.69, 9.17) is 16.3 Å². The van der Waals surface area contributed by atoms with Crippen LogP contribution in [0, 0.1) is 19.7 Å². The third kappa shape index (κ3) is 3.00. The molecule has 3 aliphatic rings. The number of halogens is 2. The number of hydrogen-bond donors (Lipinski definition) is 1. The van der Waals surface area contributed by atoms with Gasteiger partial charge in [0.1, 0.15) is 17.7 Å². The molecule has 7 nitrogen and oxygen atoms in total. The molecule has 1 aromatic carbocycles. The summed E-state index contributed by atoms with van der Waals surface area (Å²) < 4.78 is 22.0. The van der Waals surface area contributed by atoms with E-state index in [2.05, 4.69) is 15.4 Å². The third-order valence-electron chi connectivity index (χ3n) is 6.94. The summed E-state index contributed by atoms with van der Waals surface area (Å²) in [5.74, 6) is -0.304. The van der Waals surface area contributed by atoms with Gasteiger partial charge in [0, 0.05) is 30.1 Å². The summed E-state index contributed by atoms with van der Waals surface area (Å²) in [5, 5.41) is 8.75. The summed E-state index contributed by atoms with van der Waals surface area (Å²) in [7, 11) is 0. The molecular formula is C23H23ClFN5O2. The second kappa shape index (κ2) is 7.15. The van der Waals surface area contributed by atoms with Gasteiger partial charge in [0.2, 0.25) is 0 Å². The van der Waals surface area contributed by atoms with Gasteiger partial charge in [-0.2, -0.15) is 5.10 Å². The van der Waals surface area contributed by atoms with Gasteiger partial charge in [0.25, 0.3) is 5.91 Å². The van der Waals surface area contributed by atoms with Crippen LogP contribution in [0.4, 0.5) is 4.39 Å². The van der Waals surface area contributed by atoms with Crippen molar-refractivity contribution in [2.45, 2.75) is 64.4 Å². The molecule has 1 amide bonds. The van der Waals surface area contributed by atoms with Crippen LogP contribution in [0.1, 0.15) is 52.3 Å². The van der Waals surface area contributed by atoms with Crippen LogP contribution in [0.2, 0.25) is 5.02 Å². The summed E-state index contributed by atoms with van der Waals surface area (Å²) in [6.45, 7) is 4.51. The first-order valence-corrected chi connectivity index (χ1v) is 11.3. The monoisotopic (exact) mass is 455 g/mol. The molecule has 2 bridgehead atoms. The average molecular weight is 456 g/mol. The summed E-state index contributed by atoms with van der Waals surface area (Å²) in [4.78, 5) is 19.7. The number of nitrogens with zero attached hydrogens (tertiary/aromatic N) is 4. The highest BCUT2D eigenvalue weighted by molar-refractivity contribution is 6.31. The van der Waals surface area contributed by atoms with E-state index in [0.29, 0.717) is 35.5 Å². The summed E-state index contributed by atoms with van der Waals surface area (Å²) in [6, 6.07) is 4.86. The zero-order valence-corrected chi connectivity index (χ0v) is 18.6. The van der Waals surface area contributed by atoms with Crippen molar-refractivity contribution in [2.24, 2.45) is 0 Å². The molecule has 2 unspecified atom stereocenters. The molecule has 2 saturated heterocycles.